The van der Waals surface area contributed by atoms with Gasteiger partial charge in [-0.15, -0.1) is 0 Å². The Kier molecular flexibility index (Phi) is 4.02. The van der Waals surface area contributed by atoms with E-state index in [9.17, 15) is 0 Å². The smallest absolute Gasteiger partial charge is 0.122 e. The minimum atomic E-state index is 0.401. The molecule has 0 aromatic heterocycles. The molecule has 2 N–H and O–H groups in total. The normalized spacial score (nSPS) is 24.6. The van der Waals surface area contributed by atoms with Gasteiger partial charge in [-0.2, -0.15) is 0 Å². The minimum Gasteiger partial charge on any atom is -0.494 e. The number of piperazine rings is 1. The average Bonchev–Trinajstić information content (AvgIpc) is 2.33. The number of aryl methyl sites for hydroxylation is 1. The highest BCUT2D eigenvalue weighted by Gasteiger charge is 2.22. The van der Waals surface area contributed by atoms with E-state index in [0.717, 1.165) is 25.4 Å². The van der Waals surface area contributed by atoms with Crippen LogP contribution in [0.3, 0.4) is 0 Å². The van der Waals surface area contributed by atoms with E-state index < -0.39 is 0 Å². The van der Waals surface area contributed by atoms with Crippen LogP contribution in [0.4, 0.5) is 0 Å². The Hall–Kier alpha value is -1.06. The molecule has 1 saturated heterocycles. The maximum Gasteiger partial charge on any atom is 0.122 e. The molecule has 0 aliphatic carbocycles. The van der Waals surface area contributed by atoms with Crippen molar-refractivity contribution in [1.82, 2.24) is 10.6 Å². The van der Waals surface area contributed by atoms with Gasteiger partial charge in [-0.05, 0) is 38.0 Å². The Balaban J connectivity index is 2.18. The third-order valence-corrected chi connectivity index (χ3v) is 3.31. The summed E-state index contributed by atoms with van der Waals surface area (Å²) < 4.78 is 5.57. The van der Waals surface area contributed by atoms with Crippen LogP contribution in [0.15, 0.2) is 18.2 Å². The predicted octanol–water partition coefficient (Wildman–Crippen LogP) is 2.02. The third-order valence-electron chi connectivity index (χ3n) is 3.31. The molecule has 0 spiro atoms. The van der Waals surface area contributed by atoms with Gasteiger partial charge in [0.15, 0.2) is 0 Å². The van der Waals surface area contributed by atoms with Crippen LogP contribution in [0, 0.1) is 6.92 Å². The summed E-state index contributed by atoms with van der Waals surface area (Å²) in [6, 6.07) is 7.35. The molecule has 0 radical (unpaired) electrons. The van der Waals surface area contributed by atoms with E-state index >= 15 is 0 Å². The highest BCUT2D eigenvalue weighted by Crippen LogP contribution is 2.25. The molecule has 1 aliphatic heterocycles. The van der Waals surface area contributed by atoms with Crippen LogP contribution in [0.2, 0.25) is 0 Å². The zero-order valence-electron chi connectivity index (χ0n) is 10.9. The lowest BCUT2D eigenvalue weighted by molar-refractivity contribution is 0.334. The van der Waals surface area contributed by atoms with Gasteiger partial charge in [-0.25, -0.2) is 0 Å². The number of ether oxygens (including phenoxy) is 1. The van der Waals surface area contributed by atoms with Crippen molar-refractivity contribution in [2.75, 3.05) is 19.7 Å². The van der Waals surface area contributed by atoms with Crippen LogP contribution in [-0.4, -0.2) is 25.7 Å². The summed E-state index contributed by atoms with van der Waals surface area (Å²) in [5.74, 6) is 0.993. The molecule has 0 saturated carbocycles. The molecule has 0 amide bonds. The molecule has 1 aliphatic rings. The van der Waals surface area contributed by atoms with Crippen LogP contribution < -0.4 is 15.4 Å². The highest BCUT2D eigenvalue weighted by molar-refractivity contribution is 5.38. The van der Waals surface area contributed by atoms with Crippen molar-refractivity contribution in [2.45, 2.75) is 32.9 Å². The van der Waals surface area contributed by atoms with Crippen LogP contribution >= 0.6 is 0 Å². The lowest BCUT2D eigenvalue weighted by atomic mass is 9.97. The fourth-order valence-electron chi connectivity index (χ4n) is 2.41. The Bertz CT molecular complexity index is 378. The molecule has 1 fully saturated rings. The number of benzene rings is 1. The Morgan fingerprint density at radius 3 is 2.71 bits per heavy atom. The third kappa shape index (κ3) is 2.79. The van der Waals surface area contributed by atoms with Crippen LogP contribution in [0.1, 0.15) is 31.0 Å². The Morgan fingerprint density at radius 2 is 2.06 bits per heavy atom. The fraction of sp³-hybridized carbons (Fsp3) is 0.571. The number of rotatable bonds is 3. The maximum atomic E-state index is 5.57. The second-order valence-corrected chi connectivity index (χ2v) is 4.63. The first kappa shape index (κ1) is 12.4. The van der Waals surface area contributed by atoms with E-state index in [-0.39, 0.29) is 0 Å². The van der Waals surface area contributed by atoms with Gasteiger partial charge in [0.1, 0.15) is 5.75 Å². The molecule has 2 unspecified atom stereocenters. The van der Waals surface area contributed by atoms with Gasteiger partial charge < -0.3 is 15.4 Å². The molecule has 3 heteroatoms. The minimum absolute atomic E-state index is 0.401. The van der Waals surface area contributed by atoms with Crippen molar-refractivity contribution in [3.63, 3.8) is 0 Å². The second-order valence-electron chi connectivity index (χ2n) is 4.63. The number of hydrogen-bond donors (Lipinski definition) is 2. The molecule has 2 rings (SSSR count). The average molecular weight is 234 g/mol. The van der Waals surface area contributed by atoms with Gasteiger partial charge in [0.2, 0.25) is 0 Å². The SMILES string of the molecule is CCOc1ccc(C2NCCNC2C)cc1C. The van der Waals surface area contributed by atoms with Crippen molar-refractivity contribution in [3.05, 3.63) is 29.3 Å². The second kappa shape index (κ2) is 5.52. The largest absolute Gasteiger partial charge is 0.494 e. The molecular formula is C14H22N2O. The van der Waals surface area contributed by atoms with Crippen LogP contribution in [0.25, 0.3) is 0 Å². The summed E-state index contributed by atoms with van der Waals surface area (Å²) in [7, 11) is 0. The van der Waals surface area contributed by atoms with Crippen molar-refractivity contribution < 1.29 is 4.74 Å². The summed E-state index contributed by atoms with van der Waals surface area (Å²) in [6.45, 7) is 9.15. The molecule has 3 nitrogen and oxygen atoms in total. The van der Waals surface area contributed by atoms with E-state index in [0.29, 0.717) is 12.1 Å². The van der Waals surface area contributed by atoms with Crippen LogP contribution in [-0.2, 0) is 0 Å². The zero-order valence-corrected chi connectivity index (χ0v) is 10.9. The van der Waals surface area contributed by atoms with Crippen molar-refractivity contribution in [3.8, 4) is 5.75 Å². The summed E-state index contributed by atoms with van der Waals surface area (Å²) in [5, 5.41) is 7.06. The van der Waals surface area contributed by atoms with Gasteiger partial charge in [0, 0.05) is 25.2 Å². The summed E-state index contributed by atoms with van der Waals surface area (Å²) in [4.78, 5) is 0. The van der Waals surface area contributed by atoms with E-state index in [2.05, 4.69) is 42.7 Å². The lowest BCUT2D eigenvalue weighted by Crippen LogP contribution is -2.48. The van der Waals surface area contributed by atoms with Gasteiger partial charge in [0.25, 0.3) is 0 Å². The monoisotopic (exact) mass is 234 g/mol. The maximum absolute atomic E-state index is 5.57. The first-order valence-corrected chi connectivity index (χ1v) is 6.42. The van der Waals surface area contributed by atoms with Crippen molar-refractivity contribution in [1.29, 1.82) is 0 Å². The number of hydrogen-bond acceptors (Lipinski definition) is 3. The highest BCUT2D eigenvalue weighted by atomic mass is 16.5. The van der Waals surface area contributed by atoms with Crippen LogP contribution in [0.5, 0.6) is 5.75 Å². The molecule has 1 heterocycles. The standard InChI is InChI=1S/C14H22N2O/c1-4-17-13-6-5-12(9-10(13)2)14-11(3)15-7-8-16-14/h5-6,9,11,14-16H,4,7-8H2,1-3H3. The molecule has 2 atom stereocenters. The van der Waals surface area contributed by atoms with Crippen molar-refractivity contribution in [2.24, 2.45) is 0 Å². The lowest BCUT2D eigenvalue weighted by Gasteiger charge is -2.32. The van der Waals surface area contributed by atoms with Gasteiger partial charge in [0.05, 0.1) is 6.61 Å². The molecule has 1 aromatic carbocycles. The number of nitrogens with one attached hydrogen (secondary N) is 2. The van der Waals surface area contributed by atoms with E-state index in [4.69, 9.17) is 4.74 Å². The summed E-state index contributed by atoms with van der Waals surface area (Å²) in [5.41, 5.74) is 2.55. The quantitative estimate of drug-likeness (QED) is 0.839. The molecule has 0 bridgehead atoms. The first-order valence-electron chi connectivity index (χ1n) is 6.42. The van der Waals surface area contributed by atoms with Gasteiger partial charge in [-0.1, -0.05) is 12.1 Å². The van der Waals surface area contributed by atoms with Crippen molar-refractivity contribution >= 4 is 0 Å². The molecular weight excluding hydrogens is 212 g/mol. The predicted molar refractivity (Wildman–Crippen MR) is 70.6 cm³/mol. The van der Waals surface area contributed by atoms with E-state index in [1.54, 1.807) is 0 Å². The fourth-order valence-corrected chi connectivity index (χ4v) is 2.41. The summed E-state index contributed by atoms with van der Waals surface area (Å²) >= 11 is 0. The Morgan fingerprint density at radius 1 is 1.29 bits per heavy atom. The van der Waals surface area contributed by atoms with Gasteiger partial charge in [-0.3, -0.25) is 0 Å². The van der Waals surface area contributed by atoms with Gasteiger partial charge >= 0.3 is 0 Å². The van der Waals surface area contributed by atoms with E-state index in [1.807, 2.05) is 6.92 Å². The zero-order chi connectivity index (χ0) is 12.3. The molecule has 1 aromatic rings. The Labute approximate surface area is 104 Å². The molecule has 94 valence electrons. The first-order chi connectivity index (χ1) is 8.22. The topological polar surface area (TPSA) is 33.3 Å². The van der Waals surface area contributed by atoms with E-state index in [1.165, 1.54) is 11.1 Å². The summed E-state index contributed by atoms with van der Waals surface area (Å²) in [6.07, 6.45) is 0. The molecule has 17 heavy (non-hydrogen) atoms.